The second kappa shape index (κ2) is 71.3. The Balaban J connectivity index is 4.08. The van der Waals surface area contributed by atoms with Gasteiger partial charge in [-0.25, -0.2) is 0 Å². The van der Waals surface area contributed by atoms with Crippen LogP contribution < -0.4 is 5.11 Å². The summed E-state index contributed by atoms with van der Waals surface area (Å²) in [5, 5.41) is 11.8. The van der Waals surface area contributed by atoms with Crippen LogP contribution >= 0.6 is 0 Å². The Morgan fingerprint density at radius 3 is 0.934 bits per heavy atom. The maximum atomic E-state index is 13.0. The number of carboxylic acids is 1. The molecule has 0 radical (unpaired) electrons. The van der Waals surface area contributed by atoms with Crippen molar-refractivity contribution in [3.63, 3.8) is 0 Å². The Kier molecular flexibility index (Phi) is 67.7. The third-order valence-corrected chi connectivity index (χ3v) is 15.9. The summed E-state index contributed by atoms with van der Waals surface area (Å²) >= 11 is 0. The number of allylic oxidation sites excluding steroid dienone is 22. The second-order valence-electron chi connectivity index (χ2n) is 25.9. The van der Waals surface area contributed by atoms with E-state index in [9.17, 15) is 19.5 Å². The Morgan fingerprint density at radius 2 is 0.626 bits per heavy atom. The topological polar surface area (TPSA) is 111 Å². The van der Waals surface area contributed by atoms with Crippen LogP contribution in [-0.2, 0) is 33.3 Å². The molecule has 520 valence electrons. The van der Waals surface area contributed by atoms with Crippen LogP contribution in [-0.4, -0.2) is 82.3 Å². The molecule has 0 saturated carbocycles. The summed E-state index contributed by atoms with van der Waals surface area (Å²) in [5.74, 6) is -2.28. The molecule has 0 aliphatic heterocycles. The number of hydrogen-bond acceptors (Lipinski definition) is 8. The van der Waals surface area contributed by atoms with E-state index in [0.29, 0.717) is 17.4 Å². The first-order valence-corrected chi connectivity index (χ1v) is 37.3. The molecule has 0 bridgehead atoms. The van der Waals surface area contributed by atoms with Crippen LogP contribution in [0.25, 0.3) is 0 Å². The summed E-state index contributed by atoms with van der Waals surface area (Å²) in [7, 11) is 5.93. The summed E-state index contributed by atoms with van der Waals surface area (Å²) < 4.78 is 22.8. The lowest BCUT2D eigenvalue weighted by molar-refractivity contribution is -0.870. The van der Waals surface area contributed by atoms with E-state index in [4.69, 9.17) is 18.9 Å². The number of carbonyl (C=O) groups excluding carboxylic acids is 3. The van der Waals surface area contributed by atoms with Gasteiger partial charge in [0.1, 0.15) is 13.2 Å². The lowest BCUT2D eigenvalue weighted by Crippen LogP contribution is -2.44. The molecule has 0 aromatic carbocycles. The van der Waals surface area contributed by atoms with Crippen molar-refractivity contribution >= 4 is 17.9 Å². The lowest BCUT2D eigenvalue weighted by Gasteiger charge is -2.26. The number of carboxylic acid groups (broad SMARTS) is 1. The van der Waals surface area contributed by atoms with Crippen LogP contribution in [0.15, 0.2) is 134 Å². The molecule has 0 aromatic rings. The molecular formula is C82H139NO8. The van der Waals surface area contributed by atoms with Gasteiger partial charge < -0.3 is 33.3 Å². The zero-order valence-corrected chi connectivity index (χ0v) is 59.4. The fraction of sp³-hybridized carbons (Fsp3) is 0.695. The molecule has 0 N–H and O–H groups in total. The van der Waals surface area contributed by atoms with Gasteiger partial charge in [0, 0.05) is 12.8 Å². The number of ether oxygens (including phenoxy) is 4. The largest absolute Gasteiger partial charge is 0.545 e. The van der Waals surface area contributed by atoms with Crippen LogP contribution in [0.5, 0.6) is 0 Å². The molecule has 2 unspecified atom stereocenters. The van der Waals surface area contributed by atoms with E-state index in [1.807, 2.05) is 21.1 Å². The standard InChI is InChI=1S/C82H139NO8/c1-6-8-10-12-14-16-18-20-22-24-26-28-30-32-33-34-35-36-37-38-39-40-41-42-43-44-45-46-47-49-51-53-55-57-59-61-63-65-67-69-71-73-80(85)91-78(77-90-82(81(86)87)88-75-74-83(3,4)5)76-89-79(84)72-70-68-66-64-62-60-58-56-54-52-50-48-31-29-27-25-23-21-19-17-15-13-11-9-7-2/h8,10,14,16,19-22,25-28,31-33,35-36,38-39,41-42,48,78,82H,6-7,9,11-13,15,17-18,23-24,29-30,34,37,40,43-47,49-77H2,1-5H3/b10-8-,16-14-,21-19-,22-20-,27-25-,28-26-,33-32-,36-35-,39-38-,42-41-,48-31-. The average Bonchev–Trinajstić information content (AvgIpc) is 3.53. The number of esters is 2. The van der Waals surface area contributed by atoms with Gasteiger partial charge in [0.2, 0.25) is 0 Å². The SMILES string of the molecule is CC/C=C\C/C=C\C/C=C\C/C=C\C/C=C\C/C=C\C/C=C\C/C=C\CCCCCCCCCCCCCCCCCCC(=O)OC(COC(=O)CCCCCCCCCCCC/C=C\C/C=C\C/C=C\CCCCCCC)COC(OCC[N+](C)(C)C)C(=O)[O-]. The van der Waals surface area contributed by atoms with E-state index >= 15 is 0 Å². The number of hydrogen-bond donors (Lipinski definition) is 0. The van der Waals surface area contributed by atoms with E-state index in [0.717, 1.165) is 103 Å². The summed E-state index contributed by atoms with van der Waals surface area (Å²) in [5.41, 5.74) is 0. The van der Waals surface area contributed by atoms with Gasteiger partial charge in [-0.1, -0.05) is 314 Å². The van der Waals surface area contributed by atoms with Crippen LogP contribution in [0.2, 0.25) is 0 Å². The van der Waals surface area contributed by atoms with Gasteiger partial charge in [-0.05, 0) is 116 Å². The minimum Gasteiger partial charge on any atom is -0.545 e. The molecular weight excluding hydrogens is 1130 g/mol. The van der Waals surface area contributed by atoms with Crippen molar-refractivity contribution in [3.8, 4) is 0 Å². The number of aliphatic carboxylic acids is 1. The van der Waals surface area contributed by atoms with Crippen molar-refractivity contribution in [2.75, 3.05) is 47.5 Å². The van der Waals surface area contributed by atoms with Gasteiger partial charge in [0.15, 0.2) is 12.4 Å². The number of unbranched alkanes of at least 4 members (excludes halogenated alkanes) is 31. The summed E-state index contributed by atoms with van der Waals surface area (Å²) in [6.45, 7) is 4.64. The molecule has 0 aliphatic rings. The van der Waals surface area contributed by atoms with Gasteiger partial charge >= 0.3 is 11.9 Å². The number of carbonyl (C=O) groups is 3. The van der Waals surface area contributed by atoms with Crippen LogP contribution in [0, 0.1) is 0 Å². The molecule has 0 saturated heterocycles. The predicted octanol–water partition coefficient (Wildman–Crippen LogP) is 22.4. The number of likely N-dealkylation sites (N-methyl/N-ethyl adjacent to an activating group) is 1. The van der Waals surface area contributed by atoms with E-state index < -0.39 is 24.3 Å². The highest BCUT2D eigenvalue weighted by Crippen LogP contribution is 2.17. The quantitative estimate of drug-likeness (QED) is 0.0195. The molecule has 9 heteroatoms. The first-order valence-electron chi connectivity index (χ1n) is 37.3. The normalized spacial score (nSPS) is 13.5. The molecule has 0 amide bonds. The first-order chi connectivity index (χ1) is 44.6. The van der Waals surface area contributed by atoms with Gasteiger partial charge in [0.25, 0.3) is 0 Å². The zero-order chi connectivity index (χ0) is 66.1. The molecule has 0 spiro atoms. The third kappa shape index (κ3) is 72.7. The smallest absolute Gasteiger partial charge is 0.306 e. The molecule has 0 aromatic heterocycles. The summed E-state index contributed by atoms with van der Waals surface area (Å²) in [4.78, 5) is 37.5. The van der Waals surface area contributed by atoms with Crippen molar-refractivity contribution in [1.82, 2.24) is 0 Å². The maximum absolute atomic E-state index is 13.0. The number of rotatable bonds is 68. The Morgan fingerprint density at radius 1 is 0.341 bits per heavy atom. The minimum atomic E-state index is -1.63. The molecule has 0 fully saturated rings. The highest BCUT2D eigenvalue weighted by Gasteiger charge is 2.22. The molecule has 9 nitrogen and oxygen atoms in total. The highest BCUT2D eigenvalue weighted by molar-refractivity contribution is 5.70. The molecule has 0 rings (SSSR count). The zero-order valence-electron chi connectivity index (χ0n) is 59.4. The second-order valence-corrected chi connectivity index (χ2v) is 25.9. The van der Waals surface area contributed by atoms with Crippen LogP contribution in [0.1, 0.15) is 309 Å². The molecule has 91 heavy (non-hydrogen) atoms. The fourth-order valence-corrected chi connectivity index (χ4v) is 10.2. The van der Waals surface area contributed by atoms with Crippen molar-refractivity contribution in [2.24, 2.45) is 0 Å². The third-order valence-electron chi connectivity index (χ3n) is 15.9. The summed E-state index contributed by atoms with van der Waals surface area (Å²) in [6, 6.07) is 0. The van der Waals surface area contributed by atoms with E-state index in [1.165, 1.54) is 173 Å². The Bertz CT molecular complexity index is 1960. The number of nitrogens with zero attached hydrogens (tertiary/aromatic N) is 1. The van der Waals surface area contributed by atoms with Crippen molar-refractivity contribution in [1.29, 1.82) is 0 Å². The first kappa shape index (κ1) is 86.4. The number of quaternary nitrogens is 1. The van der Waals surface area contributed by atoms with Crippen molar-refractivity contribution in [3.05, 3.63) is 134 Å². The minimum absolute atomic E-state index is 0.143. The van der Waals surface area contributed by atoms with E-state index in [2.05, 4.69) is 148 Å². The van der Waals surface area contributed by atoms with Gasteiger partial charge in [-0.15, -0.1) is 0 Å². The van der Waals surface area contributed by atoms with Gasteiger partial charge in [-0.3, -0.25) is 9.59 Å². The molecule has 0 aliphatic carbocycles. The maximum Gasteiger partial charge on any atom is 0.306 e. The Labute approximate surface area is 560 Å². The average molecular weight is 1270 g/mol. The van der Waals surface area contributed by atoms with Crippen LogP contribution in [0.3, 0.4) is 0 Å². The van der Waals surface area contributed by atoms with Crippen LogP contribution in [0.4, 0.5) is 0 Å². The van der Waals surface area contributed by atoms with Gasteiger partial charge in [0.05, 0.1) is 40.3 Å². The van der Waals surface area contributed by atoms with E-state index in [1.54, 1.807) is 0 Å². The molecule has 2 atom stereocenters. The van der Waals surface area contributed by atoms with Gasteiger partial charge in [-0.2, -0.15) is 0 Å². The highest BCUT2D eigenvalue weighted by atomic mass is 16.7. The lowest BCUT2D eigenvalue weighted by atomic mass is 10.0. The van der Waals surface area contributed by atoms with Crippen molar-refractivity contribution in [2.45, 2.75) is 322 Å². The monoisotopic (exact) mass is 1270 g/mol. The van der Waals surface area contributed by atoms with Crippen molar-refractivity contribution < 1.29 is 42.9 Å². The fourth-order valence-electron chi connectivity index (χ4n) is 10.2. The summed E-state index contributed by atoms with van der Waals surface area (Å²) in [6.07, 6.45) is 99.7. The predicted molar refractivity (Wildman–Crippen MR) is 389 cm³/mol. The van der Waals surface area contributed by atoms with E-state index in [-0.39, 0.29) is 38.6 Å². The Hall–Kier alpha value is -4.57. The molecule has 0 heterocycles.